The van der Waals surface area contributed by atoms with Gasteiger partial charge in [-0.1, -0.05) is 212 Å². The molecule has 15 rings (SSSR count). The molecule has 2 aliphatic carbocycles. The van der Waals surface area contributed by atoms with E-state index in [0.29, 0.717) is 0 Å². The first kappa shape index (κ1) is 40.3. The fraction of sp³-hybridized carbons (Fsp3) is 0.0294. The Balaban J connectivity index is 0.961. The van der Waals surface area contributed by atoms with Crippen molar-refractivity contribution in [3.63, 3.8) is 0 Å². The Kier molecular flexibility index (Phi) is 8.76. The lowest BCUT2D eigenvalue weighted by molar-refractivity contribution is 0.436. The molecule has 332 valence electrons. The van der Waals surface area contributed by atoms with E-state index in [4.69, 9.17) is 4.74 Å². The first-order chi connectivity index (χ1) is 35.2. The predicted octanol–water partition coefficient (Wildman–Crippen LogP) is 17.8. The van der Waals surface area contributed by atoms with Gasteiger partial charge in [0.1, 0.15) is 11.5 Å². The van der Waals surface area contributed by atoms with Crippen molar-refractivity contribution in [1.29, 1.82) is 0 Å². The summed E-state index contributed by atoms with van der Waals surface area (Å²) in [7, 11) is 0. The third-order valence-electron chi connectivity index (χ3n) is 15.6. The van der Waals surface area contributed by atoms with E-state index in [1.807, 2.05) is 11.8 Å². The van der Waals surface area contributed by atoms with E-state index in [1.165, 1.54) is 87.7 Å². The van der Waals surface area contributed by atoms with Gasteiger partial charge < -0.3 is 9.64 Å². The van der Waals surface area contributed by atoms with Crippen LogP contribution in [-0.2, 0) is 10.8 Å². The Bertz CT molecular complexity index is 3860. The van der Waals surface area contributed by atoms with Gasteiger partial charge in [-0.15, -0.1) is 0 Å². The lowest BCUT2D eigenvalue weighted by Crippen LogP contribution is -2.32. The monoisotopic (exact) mass is 921 g/mol. The lowest BCUT2D eigenvalue weighted by Gasteiger charge is -2.41. The van der Waals surface area contributed by atoms with Crippen LogP contribution in [0.15, 0.2) is 271 Å². The molecule has 11 aromatic carbocycles. The van der Waals surface area contributed by atoms with Crippen LogP contribution in [-0.4, -0.2) is 0 Å². The zero-order valence-electron chi connectivity index (χ0n) is 38.6. The Labute approximate surface area is 418 Å². The summed E-state index contributed by atoms with van der Waals surface area (Å²) in [6.45, 7) is 0. The Morgan fingerprint density at radius 1 is 0.268 bits per heavy atom. The Morgan fingerprint density at radius 2 is 0.648 bits per heavy atom. The first-order valence-corrected chi connectivity index (χ1v) is 25.3. The highest BCUT2D eigenvalue weighted by Crippen LogP contribution is 2.65. The van der Waals surface area contributed by atoms with Crippen LogP contribution in [0.3, 0.4) is 0 Å². The number of anilines is 3. The molecular weight excluding hydrogens is 879 g/mol. The molecule has 0 radical (unpaired) electrons. The van der Waals surface area contributed by atoms with Gasteiger partial charge in [-0.25, -0.2) is 0 Å². The SMILES string of the molecule is c1ccc(-c2ccc(-c3ccc(N(c4ccc5c(c4)C4(c6ccccc6S5)c5ccccc5-c5ccccc54)c4ccc5c(c4)C4(c6ccccc6Oc6ccccc64)c4ccccc4-5)cc3)cc2)cc1. The van der Waals surface area contributed by atoms with Gasteiger partial charge >= 0.3 is 0 Å². The van der Waals surface area contributed by atoms with Crippen molar-refractivity contribution < 1.29 is 4.74 Å². The molecular formula is C68H43NOS. The molecule has 0 N–H and O–H groups in total. The molecule has 0 unspecified atom stereocenters. The van der Waals surface area contributed by atoms with Crippen LogP contribution in [0.25, 0.3) is 44.5 Å². The maximum Gasteiger partial charge on any atom is 0.132 e. The molecule has 2 heterocycles. The zero-order chi connectivity index (χ0) is 46.7. The molecule has 0 saturated heterocycles. The fourth-order valence-corrected chi connectivity index (χ4v) is 13.9. The second kappa shape index (κ2) is 15.4. The maximum atomic E-state index is 6.75. The summed E-state index contributed by atoms with van der Waals surface area (Å²) < 4.78 is 6.75. The van der Waals surface area contributed by atoms with Gasteiger partial charge in [0.25, 0.3) is 0 Å². The molecule has 2 nitrogen and oxygen atoms in total. The van der Waals surface area contributed by atoms with Crippen molar-refractivity contribution in [2.75, 3.05) is 4.90 Å². The largest absolute Gasteiger partial charge is 0.457 e. The molecule has 0 saturated carbocycles. The van der Waals surface area contributed by atoms with Gasteiger partial charge in [0.2, 0.25) is 0 Å². The van der Waals surface area contributed by atoms with Gasteiger partial charge in [0.15, 0.2) is 0 Å². The molecule has 4 aliphatic rings. The number of nitrogens with zero attached hydrogens (tertiary/aromatic N) is 1. The molecule has 2 aliphatic heterocycles. The van der Waals surface area contributed by atoms with E-state index in [9.17, 15) is 0 Å². The van der Waals surface area contributed by atoms with E-state index in [-0.39, 0.29) is 0 Å². The van der Waals surface area contributed by atoms with Crippen molar-refractivity contribution >= 4 is 28.8 Å². The van der Waals surface area contributed by atoms with Gasteiger partial charge in [0.05, 0.1) is 10.8 Å². The van der Waals surface area contributed by atoms with E-state index in [0.717, 1.165) is 39.7 Å². The average Bonchev–Trinajstić information content (AvgIpc) is 3.90. The molecule has 0 bridgehead atoms. The van der Waals surface area contributed by atoms with E-state index >= 15 is 0 Å². The van der Waals surface area contributed by atoms with Crippen molar-refractivity contribution in [3.8, 4) is 56.0 Å². The third kappa shape index (κ3) is 5.67. The summed E-state index contributed by atoms with van der Waals surface area (Å²) in [6, 6.07) is 96.6. The number of fused-ring (bicyclic) bond motifs is 18. The fourth-order valence-electron chi connectivity index (χ4n) is 12.7. The highest BCUT2D eigenvalue weighted by molar-refractivity contribution is 7.99. The number of ether oxygens (including phenoxy) is 1. The zero-order valence-corrected chi connectivity index (χ0v) is 39.4. The molecule has 71 heavy (non-hydrogen) atoms. The predicted molar refractivity (Wildman–Crippen MR) is 291 cm³/mol. The summed E-state index contributed by atoms with van der Waals surface area (Å²) in [5.41, 5.74) is 22.1. The number of benzene rings is 11. The third-order valence-corrected chi connectivity index (χ3v) is 16.8. The Hall–Kier alpha value is -8.63. The summed E-state index contributed by atoms with van der Waals surface area (Å²) in [4.78, 5) is 5.05. The minimum Gasteiger partial charge on any atom is -0.457 e. The smallest absolute Gasteiger partial charge is 0.132 e. The topological polar surface area (TPSA) is 12.5 Å². The van der Waals surface area contributed by atoms with Crippen LogP contribution >= 0.6 is 11.8 Å². The molecule has 0 amide bonds. The van der Waals surface area contributed by atoms with Gasteiger partial charge in [-0.2, -0.15) is 0 Å². The molecule has 0 fully saturated rings. The number of hydrogen-bond acceptors (Lipinski definition) is 3. The summed E-state index contributed by atoms with van der Waals surface area (Å²) in [6.07, 6.45) is 0. The molecule has 0 aromatic heterocycles. The van der Waals surface area contributed by atoms with Crippen LogP contribution in [0.1, 0.15) is 44.5 Å². The summed E-state index contributed by atoms with van der Waals surface area (Å²) >= 11 is 1.88. The standard InChI is InChI=1S/C68H43NOS/c1-2-16-44(17-3-1)45-30-32-46(33-31-45)47-34-36-48(37-35-47)69(49-38-40-54-53-20-6-9-23-57(53)68(61(54)42-49)58-24-10-13-27-63(58)70-64-28-14-11-25-59(64)68)50-39-41-66-62(43-50)67(60-26-12-15-29-65(60)71-66)55-21-7-4-18-51(55)52-19-5-8-22-56(52)67/h1-43H. The maximum absolute atomic E-state index is 6.75. The first-order valence-electron chi connectivity index (χ1n) is 24.5. The van der Waals surface area contributed by atoms with E-state index in [1.54, 1.807) is 0 Å². The normalized spacial score (nSPS) is 14.2. The lowest BCUT2D eigenvalue weighted by atomic mass is 9.66. The molecule has 11 aromatic rings. The van der Waals surface area contributed by atoms with Crippen molar-refractivity contribution in [2.45, 2.75) is 20.6 Å². The van der Waals surface area contributed by atoms with Crippen molar-refractivity contribution in [3.05, 3.63) is 305 Å². The van der Waals surface area contributed by atoms with Crippen LogP contribution in [0.4, 0.5) is 17.1 Å². The van der Waals surface area contributed by atoms with Crippen molar-refractivity contribution in [2.24, 2.45) is 0 Å². The number of hydrogen-bond donors (Lipinski definition) is 0. The van der Waals surface area contributed by atoms with Crippen LogP contribution < -0.4 is 9.64 Å². The van der Waals surface area contributed by atoms with Gasteiger partial charge in [-0.3, -0.25) is 0 Å². The van der Waals surface area contributed by atoms with Crippen LogP contribution in [0.2, 0.25) is 0 Å². The quantitative estimate of drug-likeness (QED) is 0.171. The van der Waals surface area contributed by atoms with Crippen LogP contribution in [0.5, 0.6) is 11.5 Å². The van der Waals surface area contributed by atoms with Gasteiger partial charge in [0, 0.05) is 38.0 Å². The van der Waals surface area contributed by atoms with E-state index in [2.05, 4.69) is 266 Å². The average molecular weight is 922 g/mol. The van der Waals surface area contributed by atoms with Gasteiger partial charge in [-0.05, 0) is 139 Å². The number of rotatable bonds is 5. The Morgan fingerprint density at radius 3 is 1.23 bits per heavy atom. The highest BCUT2D eigenvalue weighted by atomic mass is 32.2. The van der Waals surface area contributed by atoms with E-state index < -0.39 is 10.8 Å². The summed E-state index contributed by atoms with van der Waals surface area (Å²) in [5.74, 6) is 1.77. The molecule has 2 spiro atoms. The highest BCUT2D eigenvalue weighted by Gasteiger charge is 2.52. The molecule has 3 heteroatoms. The minimum atomic E-state index is -0.605. The number of para-hydroxylation sites is 2. The minimum absolute atomic E-state index is 0.513. The van der Waals surface area contributed by atoms with Crippen LogP contribution in [0, 0.1) is 0 Å². The second-order valence-corrected chi connectivity index (χ2v) is 20.1. The van der Waals surface area contributed by atoms with Crippen molar-refractivity contribution in [1.82, 2.24) is 0 Å². The summed E-state index contributed by atoms with van der Waals surface area (Å²) in [5, 5.41) is 0. The molecule has 0 atom stereocenters. The second-order valence-electron chi connectivity index (χ2n) is 19.1.